The van der Waals surface area contributed by atoms with Gasteiger partial charge in [-0.2, -0.15) is 0 Å². The first kappa shape index (κ1) is 19.0. The van der Waals surface area contributed by atoms with Gasteiger partial charge in [0.05, 0.1) is 17.8 Å². The number of hydrogen-bond donors (Lipinski definition) is 1. The van der Waals surface area contributed by atoms with Crippen LogP contribution in [0.15, 0.2) is 67.1 Å². The number of pyridine rings is 1. The van der Waals surface area contributed by atoms with Crippen LogP contribution in [0.1, 0.15) is 44.1 Å². The summed E-state index contributed by atoms with van der Waals surface area (Å²) in [5.74, 6) is 0. The van der Waals surface area contributed by atoms with E-state index >= 15 is 0 Å². The lowest BCUT2D eigenvalue weighted by Gasteiger charge is -2.28. The molecule has 0 aliphatic carbocycles. The van der Waals surface area contributed by atoms with E-state index in [1.54, 1.807) is 0 Å². The Balaban J connectivity index is 1.81. The van der Waals surface area contributed by atoms with E-state index in [2.05, 4.69) is 59.0 Å². The zero-order chi connectivity index (χ0) is 19.9. The Bertz CT molecular complexity index is 976. The van der Waals surface area contributed by atoms with Gasteiger partial charge >= 0.3 is 0 Å². The Kier molecular flexibility index (Phi) is 4.89. The van der Waals surface area contributed by atoms with Crippen molar-refractivity contribution in [2.75, 3.05) is 4.90 Å². The van der Waals surface area contributed by atoms with Gasteiger partial charge in [-0.1, -0.05) is 17.7 Å². The molecule has 2 atom stereocenters. The minimum atomic E-state index is -0.0415. The van der Waals surface area contributed by atoms with Crippen LogP contribution in [0.3, 0.4) is 0 Å². The van der Waals surface area contributed by atoms with Gasteiger partial charge in [0.2, 0.25) is 0 Å². The maximum Gasteiger partial charge on any atom is 0.174 e. The van der Waals surface area contributed by atoms with E-state index < -0.39 is 0 Å². The standard InChI is InChI=1S/C22H23ClN4S/c1-22(2,3)26-13-11-15(14-26)20-19(18-6-4-5-12-24-18)25-21(28)27(20)17-9-7-16(23)8-10-17/h4-14,19-20H,1-3H3,(H,25,28)/t19-,20-/m0/s1. The van der Waals surface area contributed by atoms with Crippen molar-refractivity contribution in [3.05, 3.63) is 83.4 Å². The molecule has 0 radical (unpaired) electrons. The summed E-state index contributed by atoms with van der Waals surface area (Å²) in [5, 5.41) is 4.88. The molecule has 0 bridgehead atoms. The number of nitrogens with zero attached hydrogens (tertiary/aromatic N) is 3. The van der Waals surface area contributed by atoms with Crippen molar-refractivity contribution in [1.82, 2.24) is 14.9 Å². The lowest BCUT2D eigenvalue weighted by molar-refractivity contribution is 0.397. The van der Waals surface area contributed by atoms with Crippen molar-refractivity contribution in [2.24, 2.45) is 0 Å². The van der Waals surface area contributed by atoms with E-state index in [4.69, 9.17) is 23.8 Å². The minimum Gasteiger partial charge on any atom is -0.351 e. The SMILES string of the molecule is CC(C)(C)n1ccc([C@H]2[C@H](c3ccccn3)NC(=S)N2c2ccc(Cl)cc2)c1. The zero-order valence-electron chi connectivity index (χ0n) is 16.1. The molecule has 3 heterocycles. The van der Waals surface area contributed by atoms with Gasteiger partial charge in [-0.15, -0.1) is 0 Å². The Morgan fingerprint density at radius 2 is 1.82 bits per heavy atom. The zero-order valence-corrected chi connectivity index (χ0v) is 17.7. The maximum absolute atomic E-state index is 6.11. The number of anilines is 1. The molecule has 1 aromatic carbocycles. The molecule has 144 valence electrons. The summed E-state index contributed by atoms with van der Waals surface area (Å²) in [6.07, 6.45) is 6.16. The predicted molar refractivity (Wildman–Crippen MR) is 119 cm³/mol. The van der Waals surface area contributed by atoms with Crippen LogP contribution in [0, 0.1) is 0 Å². The molecule has 0 saturated carbocycles. The molecule has 3 aromatic rings. The summed E-state index contributed by atoms with van der Waals surface area (Å²) in [7, 11) is 0. The van der Waals surface area contributed by atoms with E-state index in [0.717, 1.165) is 11.4 Å². The Labute approximate surface area is 176 Å². The number of rotatable bonds is 3. The quantitative estimate of drug-likeness (QED) is 0.580. The highest BCUT2D eigenvalue weighted by Gasteiger charge is 2.41. The number of halogens is 1. The van der Waals surface area contributed by atoms with E-state index in [1.165, 1.54) is 5.56 Å². The van der Waals surface area contributed by atoms with E-state index in [9.17, 15) is 0 Å². The van der Waals surface area contributed by atoms with Crippen LogP contribution in [0.25, 0.3) is 0 Å². The number of nitrogens with one attached hydrogen (secondary N) is 1. The van der Waals surface area contributed by atoms with Crippen molar-refractivity contribution >= 4 is 34.6 Å². The molecule has 4 nitrogen and oxygen atoms in total. The Hall–Kier alpha value is -2.37. The molecule has 1 aliphatic rings. The molecular formula is C22H23ClN4S. The van der Waals surface area contributed by atoms with Crippen LogP contribution in [0.5, 0.6) is 0 Å². The molecule has 1 aliphatic heterocycles. The van der Waals surface area contributed by atoms with Gasteiger partial charge < -0.3 is 14.8 Å². The van der Waals surface area contributed by atoms with Gasteiger partial charge in [-0.05, 0) is 81.0 Å². The number of benzene rings is 1. The van der Waals surface area contributed by atoms with Gasteiger partial charge in [-0.25, -0.2) is 0 Å². The number of aromatic nitrogens is 2. The highest BCUT2D eigenvalue weighted by molar-refractivity contribution is 7.80. The molecule has 2 aromatic heterocycles. The summed E-state index contributed by atoms with van der Waals surface area (Å²) in [6.45, 7) is 6.59. The minimum absolute atomic E-state index is 0.00724. The van der Waals surface area contributed by atoms with Crippen LogP contribution >= 0.6 is 23.8 Å². The first-order valence-electron chi connectivity index (χ1n) is 9.29. The summed E-state index contributed by atoms with van der Waals surface area (Å²) >= 11 is 11.8. The van der Waals surface area contributed by atoms with Crippen LogP contribution in [0.4, 0.5) is 5.69 Å². The Morgan fingerprint density at radius 3 is 2.43 bits per heavy atom. The fourth-order valence-electron chi connectivity index (χ4n) is 3.58. The largest absolute Gasteiger partial charge is 0.351 e. The second kappa shape index (κ2) is 7.22. The van der Waals surface area contributed by atoms with Crippen LogP contribution < -0.4 is 10.2 Å². The van der Waals surface area contributed by atoms with Crippen molar-refractivity contribution in [1.29, 1.82) is 0 Å². The molecule has 1 fully saturated rings. The third-order valence-corrected chi connectivity index (χ3v) is 5.60. The van der Waals surface area contributed by atoms with Gasteiger partial charge in [0.25, 0.3) is 0 Å². The molecular weight excluding hydrogens is 388 g/mol. The molecule has 0 unspecified atom stereocenters. The molecule has 0 amide bonds. The van der Waals surface area contributed by atoms with Crippen molar-refractivity contribution in [3.8, 4) is 0 Å². The maximum atomic E-state index is 6.11. The predicted octanol–water partition coefficient (Wildman–Crippen LogP) is 5.47. The molecule has 1 N–H and O–H groups in total. The highest BCUT2D eigenvalue weighted by Crippen LogP contribution is 2.42. The second-order valence-corrected chi connectivity index (χ2v) is 8.82. The molecule has 6 heteroatoms. The van der Waals surface area contributed by atoms with Crippen molar-refractivity contribution in [2.45, 2.75) is 38.4 Å². The van der Waals surface area contributed by atoms with Crippen LogP contribution in [-0.4, -0.2) is 14.7 Å². The fraction of sp³-hybridized carbons (Fsp3) is 0.273. The monoisotopic (exact) mass is 410 g/mol. The van der Waals surface area contributed by atoms with Gasteiger partial charge in [0.1, 0.15) is 0 Å². The van der Waals surface area contributed by atoms with Crippen LogP contribution in [0.2, 0.25) is 5.02 Å². The molecule has 28 heavy (non-hydrogen) atoms. The molecule has 0 spiro atoms. The second-order valence-electron chi connectivity index (χ2n) is 8.00. The normalized spacial score (nSPS) is 19.7. The summed E-state index contributed by atoms with van der Waals surface area (Å²) in [5.41, 5.74) is 3.17. The van der Waals surface area contributed by atoms with E-state index in [0.29, 0.717) is 10.1 Å². The first-order valence-corrected chi connectivity index (χ1v) is 10.1. The summed E-state index contributed by atoms with van der Waals surface area (Å²) < 4.78 is 2.24. The third-order valence-electron chi connectivity index (χ3n) is 5.03. The summed E-state index contributed by atoms with van der Waals surface area (Å²) in [6, 6.07) is 15.9. The Morgan fingerprint density at radius 1 is 1.07 bits per heavy atom. The average Bonchev–Trinajstić information content (AvgIpc) is 3.28. The van der Waals surface area contributed by atoms with Gasteiger partial charge in [-0.3, -0.25) is 4.98 Å². The fourth-order valence-corrected chi connectivity index (χ4v) is 4.05. The number of thiocarbonyl (C=S) groups is 1. The third kappa shape index (κ3) is 3.52. The van der Waals surface area contributed by atoms with Gasteiger partial charge in [0, 0.05) is 34.8 Å². The van der Waals surface area contributed by atoms with E-state index in [1.807, 2.05) is 48.7 Å². The highest BCUT2D eigenvalue weighted by atomic mass is 35.5. The smallest absolute Gasteiger partial charge is 0.174 e. The van der Waals surface area contributed by atoms with Crippen LogP contribution in [-0.2, 0) is 5.54 Å². The lowest BCUT2D eigenvalue weighted by atomic mass is 9.98. The summed E-state index contributed by atoms with van der Waals surface area (Å²) in [4.78, 5) is 6.75. The molecule has 4 rings (SSSR count). The van der Waals surface area contributed by atoms with Crippen molar-refractivity contribution < 1.29 is 0 Å². The first-order chi connectivity index (χ1) is 13.3. The topological polar surface area (TPSA) is 33.1 Å². The average molecular weight is 411 g/mol. The van der Waals surface area contributed by atoms with Gasteiger partial charge in [0.15, 0.2) is 5.11 Å². The molecule has 1 saturated heterocycles. The van der Waals surface area contributed by atoms with Crippen molar-refractivity contribution in [3.63, 3.8) is 0 Å². The number of hydrogen-bond acceptors (Lipinski definition) is 2. The lowest BCUT2D eigenvalue weighted by Crippen LogP contribution is -2.29. The van der Waals surface area contributed by atoms with E-state index in [-0.39, 0.29) is 17.6 Å².